The van der Waals surface area contributed by atoms with Gasteiger partial charge < -0.3 is 4.42 Å². The fraction of sp³-hybridized carbons (Fsp3) is 0.500. The van der Waals surface area contributed by atoms with Crippen molar-refractivity contribution in [1.29, 1.82) is 0 Å². The Balaban J connectivity index is 2.29. The van der Waals surface area contributed by atoms with Crippen LogP contribution in [0.15, 0.2) is 22.8 Å². The van der Waals surface area contributed by atoms with Crippen LogP contribution in [0.3, 0.4) is 0 Å². The number of hydrogen-bond donors (Lipinski definition) is 0. The molecule has 1 aromatic heterocycles. The highest BCUT2D eigenvalue weighted by molar-refractivity contribution is 4.97. The van der Waals surface area contributed by atoms with E-state index in [1.165, 1.54) is 0 Å². The first-order valence-corrected chi connectivity index (χ1v) is 5.05. The molecule has 0 aliphatic carbocycles. The molecule has 0 unspecified atom stereocenters. The molecule has 2 heteroatoms. The molecule has 0 bridgehead atoms. The van der Waals surface area contributed by atoms with Crippen molar-refractivity contribution in [3.05, 3.63) is 24.2 Å². The number of furan rings is 1. The summed E-state index contributed by atoms with van der Waals surface area (Å²) in [6.45, 7) is 5.11. The molecule has 0 saturated carbocycles. The Hall–Kier alpha value is -1.20. The van der Waals surface area contributed by atoms with Gasteiger partial charge in [-0.2, -0.15) is 0 Å². The Kier molecular flexibility index (Phi) is 4.88. The van der Waals surface area contributed by atoms with E-state index in [2.05, 4.69) is 17.7 Å². The highest BCUT2D eigenvalue weighted by Gasteiger charge is 2.04. The monoisotopic (exact) mass is 191 g/mol. The Morgan fingerprint density at radius 1 is 1.57 bits per heavy atom. The highest BCUT2D eigenvalue weighted by Crippen LogP contribution is 2.05. The van der Waals surface area contributed by atoms with Gasteiger partial charge in [-0.3, -0.25) is 4.90 Å². The van der Waals surface area contributed by atoms with Gasteiger partial charge in [0.2, 0.25) is 0 Å². The average Bonchev–Trinajstić information content (AvgIpc) is 2.69. The predicted molar refractivity (Wildman–Crippen MR) is 57.7 cm³/mol. The molecule has 0 spiro atoms. The molecular weight excluding hydrogens is 174 g/mol. The first-order valence-electron chi connectivity index (χ1n) is 5.05. The molecule has 0 aliphatic heterocycles. The summed E-state index contributed by atoms with van der Waals surface area (Å²) in [5, 5.41) is 0. The maximum Gasteiger partial charge on any atom is 0.117 e. The molecule has 1 heterocycles. The molecule has 0 saturated heterocycles. The minimum Gasteiger partial charge on any atom is -0.468 e. The van der Waals surface area contributed by atoms with Crippen LogP contribution in [0.5, 0.6) is 0 Å². The van der Waals surface area contributed by atoms with Gasteiger partial charge in [0.1, 0.15) is 5.76 Å². The molecule has 0 amide bonds. The zero-order valence-electron chi connectivity index (χ0n) is 8.70. The summed E-state index contributed by atoms with van der Waals surface area (Å²) >= 11 is 0. The molecule has 0 radical (unpaired) electrons. The summed E-state index contributed by atoms with van der Waals surface area (Å²) in [5.41, 5.74) is 0. The average molecular weight is 191 g/mol. The number of nitrogens with zero attached hydrogens (tertiary/aromatic N) is 1. The molecule has 14 heavy (non-hydrogen) atoms. The Morgan fingerprint density at radius 2 is 2.43 bits per heavy atom. The third-order valence-electron chi connectivity index (χ3n) is 2.20. The molecule has 76 valence electrons. The van der Waals surface area contributed by atoms with Gasteiger partial charge in [-0.05, 0) is 31.6 Å². The summed E-state index contributed by atoms with van der Waals surface area (Å²) < 4.78 is 5.29. The second-order valence-corrected chi connectivity index (χ2v) is 3.26. The zero-order chi connectivity index (χ0) is 10.2. The largest absolute Gasteiger partial charge is 0.468 e. The van der Waals surface area contributed by atoms with Crippen molar-refractivity contribution in [2.45, 2.75) is 26.3 Å². The van der Waals surface area contributed by atoms with Gasteiger partial charge in [-0.25, -0.2) is 0 Å². The van der Waals surface area contributed by atoms with E-state index in [1.54, 1.807) is 6.26 Å². The molecular formula is C12H17NO. The van der Waals surface area contributed by atoms with E-state index in [9.17, 15) is 0 Å². The zero-order valence-corrected chi connectivity index (χ0v) is 8.70. The van der Waals surface area contributed by atoms with Gasteiger partial charge in [0.25, 0.3) is 0 Å². The van der Waals surface area contributed by atoms with Gasteiger partial charge in [0, 0.05) is 6.42 Å². The molecule has 2 nitrogen and oxygen atoms in total. The van der Waals surface area contributed by atoms with Crippen molar-refractivity contribution in [2.24, 2.45) is 0 Å². The van der Waals surface area contributed by atoms with Crippen LogP contribution in [-0.4, -0.2) is 18.0 Å². The van der Waals surface area contributed by atoms with E-state index < -0.39 is 0 Å². The minimum atomic E-state index is 0.856. The van der Waals surface area contributed by atoms with Crippen molar-refractivity contribution >= 4 is 0 Å². The van der Waals surface area contributed by atoms with E-state index in [-0.39, 0.29) is 0 Å². The third-order valence-corrected chi connectivity index (χ3v) is 2.20. The molecule has 0 fully saturated rings. The lowest BCUT2D eigenvalue weighted by atomic mass is 10.3. The molecule has 0 N–H and O–H groups in total. The van der Waals surface area contributed by atoms with Gasteiger partial charge in [-0.15, -0.1) is 12.3 Å². The van der Waals surface area contributed by atoms with Crippen LogP contribution in [0.25, 0.3) is 0 Å². The van der Waals surface area contributed by atoms with Gasteiger partial charge in [0.05, 0.1) is 12.8 Å². The Morgan fingerprint density at radius 3 is 3.00 bits per heavy atom. The van der Waals surface area contributed by atoms with Crippen LogP contribution in [0.4, 0.5) is 0 Å². The Labute approximate surface area is 85.9 Å². The van der Waals surface area contributed by atoms with Crippen molar-refractivity contribution in [1.82, 2.24) is 4.90 Å². The van der Waals surface area contributed by atoms with Gasteiger partial charge in [0.15, 0.2) is 0 Å². The second kappa shape index (κ2) is 6.28. The van der Waals surface area contributed by atoms with Crippen LogP contribution in [0, 0.1) is 12.3 Å². The molecule has 0 aromatic carbocycles. The van der Waals surface area contributed by atoms with Crippen LogP contribution >= 0.6 is 0 Å². The molecule has 1 aromatic rings. The van der Waals surface area contributed by atoms with Crippen molar-refractivity contribution in [2.75, 3.05) is 13.1 Å². The summed E-state index contributed by atoms with van der Waals surface area (Å²) in [4.78, 5) is 2.33. The predicted octanol–water partition coefficient (Wildman–Crippen LogP) is 2.51. The summed E-state index contributed by atoms with van der Waals surface area (Å²) in [7, 11) is 0. The first kappa shape index (κ1) is 10.9. The Bertz CT molecular complexity index is 271. The standard InChI is InChI=1S/C12H17NO/c1-3-5-6-9-13(4-2)11-12-8-7-10-14-12/h1,7-8,10H,4-6,9,11H2,2H3. The topological polar surface area (TPSA) is 16.4 Å². The highest BCUT2D eigenvalue weighted by atomic mass is 16.3. The van der Waals surface area contributed by atoms with Crippen LogP contribution in [0.2, 0.25) is 0 Å². The number of unbranched alkanes of at least 4 members (excludes halogenated alkanes) is 1. The molecule has 1 rings (SSSR count). The summed E-state index contributed by atoms with van der Waals surface area (Å²) in [6.07, 6.45) is 8.83. The quantitative estimate of drug-likeness (QED) is 0.507. The number of hydrogen-bond acceptors (Lipinski definition) is 2. The summed E-state index contributed by atoms with van der Waals surface area (Å²) in [6, 6.07) is 3.93. The first-order chi connectivity index (χ1) is 6.86. The summed E-state index contributed by atoms with van der Waals surface area (Å²) in [5.74, 6) is 3.68. The van der Waals surface area contributed by atoms with E-state index >= 15 is 0 Å². The van der Waals surface area contributed by atoms with E-state index in [4.69, 9.17) is 10.8 Å². The van der Waals surface area contributed by atoms with E-state index in [0.29, 0.717) is 0 Å². The number of rotatable bonds is 6. The fourth-order valence-electron chi connectivity index (χ4n) is 1.38. The molecule has 0 aliphatic rings. The lowest BCUT2D eigenvalue weighted by Gasteiger charge is -2.18. The fourth-order valence-corrected chi connectivity index (χ4v) is 1.38. The van der Waals surface area contributed by atoms with Crippen molar-refractivity contribution in [3.8, 4) is 12.3 Å². The van der Waals surface area contributed by atoms with Crippen molar-refractivity contribution < 1.29 is 4.42 Å². The smallest absolute Gasteiger partial charge is 0.117 e. The van der Waals surface area contributed by atoms with Crippen molar-refractivity contribution in [3.63, 3.8) is 0 Å². The van der Waals surface area contributed by atoms with Crippen LogP contribution in [-0.2, 0) is 6.54 Å². The van der Waals surface area contributed by atoms with Crippen LogP contribution in [0.1, 0.15) is 25.5 Å². The van der Waals surface area contributed by atoms with E-state index in [0.717, 1.165) is 38.2 Å². The maximum atomic E-state index is 5.29. The lowest BCUT2D eigenvalue weighted by Crippen LogP contribution is -2.23. The van der Waals surface area contributed by atoms with Crippen LogP contribution < -0.4 is 0 Å². The number of terminal acetylenes is 1. The van der Waals surface area contributed by atoms with Gasteiger partial charge in [-0.1, -0.05) is 6.92 Å². The second-order valence-electron chi connectivity index (χ2n) is 3.26. The lowest BCUT2D eigenvalue weighted by molar-refractivity contribution is 0.254. The third kappa shape index (κ3) is 3.68. The van der Waals surface area contributed by atoms with E-state index in [1.807, 2.05) is 12.1 Å². The molecule has 0 atom stereocenters. The normalized spacial score (nSPS) is 10.4. The maximum absolute atomic E-state index is 5.29. The minimum absolute atomic E-state index is 0.856. The van der Waals surface area contributed by atoms with Gasteiger partial charge >= 0.3 is 0 Å². The SMILES string of the molecule is C#CCCCN(CC)Cc1ccco1.